The Morgan fingerprint density at radius 1 is 1.04 bits per heavy atom. The largest absolute Gasteiger partial charge is 0.415 e. The standard InChI is InChI=1S/C33H57N5O7Si3/c1-22(18-30(35-21-34)37-36-26-13-15-27(16-14-26)38(39)40)17-28-33(45-48(10,11)12)32(44-47(7,8)9)25(20-41-28)19-29-31(42-29)23(2)24(3)43-46(4,5)6/h13-16,18,23-25,28-29,31-34,36H,17,19-20H2,1-12H3/b22-18+,37-30-/t23-,24-,25-,28-,29-,31-,32+,33-/m0/s1. The van der Waals surface area contributed by atoms with Gasteiger partial charge < -0.3 is 22.8 Å². The van der Waals surface area contributed by atoms with Crippen molar-refractivity contribution in [1.29, 1.82) is 5.41 Å². The van der Waals surface area contributed by atoms with E-state index in [2.05, 4.69) is 94.3 Å². The van der Waals surface area contributed by atoms with E-state index in [1.165, 1.54) is 12.1 Å². The van der Waals surface area contributed by atoms with Crippen molar-refractivity contribution in [2.24, 2.45) is 21.9 Å². The monoisotopic (exact) mass is 719 g/mol. The van der Waals surface area contributed by atoms with Gasteiger partial charge in [0.25, 0.3) is 5.69 Å². The molecule has 8 atom stereocenters. The lowest BCUT2D eigenvalue weighted by atomic mass is 9.85. The highest BCUT2D eigenvalue weighted by Gasteiger charge is 2.51. The topological polar surface area (TPSA) is 153 Å². The van der Waals surface area contributed by atoms with Crippen LogP contribution in [0.4, 0.5) is 11.4 Å². The molecule has 0 spiro atoms. The summed E-state index contributed by atoms with van der Waals surface area (Å²) in [6.45, 7) is 26.8. The van der Waals surface area contributed by atoms with E-state index in [4.69, 9.17) is 28.2 Å². The number of nitro groups is 1. The molecule has 3 rings (SSSR count). The molecule has 2 aliphatic rings. The molecule has 1 aromatic carbocycles. The number of ether oxygens (including phenoxy) is 2. The number of nitrogens with one attached hydrogen (secondary N) is 2. The molecule has 0 aliphatic carbocycles. The first-order valence-corrected chi connectivity index (χ1v) is 27.1. The van der Waals surface area contributed by atoms with E-state index < -0.39 is 29.9 Å². The molecule has 15 heteroatoms. The lowest BCUT2D eigenvalue weighted by Gasteiger charge is -2.47. The minimum atomic E-state index is -2.02. The van der Waals surface area contributed by atoms with Crippen LogP contribution in [0.3, 0.4) is 0 Å². The smallest absolute Gasteiger partial charge is 0.269 e. The molecule has 2 heterocycles. The molecule has 0 bridgehead atoms. The number of non-ortho nitro benzene ring substituents is 1. The second-order valence-corrected chi connectivity index (χ2v) is 29.4. The molecular weight excluding hydrogens is 663 g/mol. The van der Waals surface area contributed by atoms with E-state index in [-0.39, 0.29) is 54.1 Å². The number of rotatable bonds is 16. The Morgan fingerprint density at radius 3 is 2.19 bits per heavy atom. The first kappa shape index (κ1) is 40.1. The predicted molar refractivity (Wildman–Crippen MR) is 199 cm³/mol. The number of anilines is 1. The van der Waals surface area contributed by atoms with Gasteiger partial charge in [-0.05, 0) is 104 Å². The number of hydrogen-bond acceptors (Lipinski definition) is 10. The Labute approximate surface area is 289 Å². The van der Waals surface area contributed by atoms with E-state index >= 15 is 0 Å². The zero-order valence-electron chi connectivity index (χ0n) is 30.8. The normalized spacial score (nSPS) is 26.8. The van der Waals surface area contributed by atoms with E-state index in [0.717, 1.165) is 12.0 Å². The first-order chi connectivity index (χ1) is 22.2. The second-order valence-electron chi connectivity index (χ2n) is 16.0. The lowest BCUT2D eigenvalue weighted by Crippen LogP contribution is -2.58. The average Bonchev–Trinajstić information content (AvgIpc) is 3.71. The molecule has 268 valence electrons. The van der Waals surface area contributed by atoms with Gasteiger partial charge in [0.1, 0.15) is 0 Å². The second kappa shape index (κ2) is 16.6. The van der Waals surface area contributed by atoms with Crippen LogP contribution in [0.15, 0.2) is 46.0 Å². The number of amidine groups is 1. The van der Waals surface area contributed by atoms with Gasteiger partial charge >= 0.3 is 0 Å². The number of aliphatic imine (C=N–C) groups is 1. The maximum absolute atomic E-state index is 11.0. The Morgan fingerprint density at radius 2 is 1.65 bits per heavy atom. The molecule has 2 aliphatic heterocycles. The van der Waals surface area contributed by atoms with Crippen LogP contribution < -0.4 is 5.43 Å². The van der Waals surface area contributed by atoms with Gasteiger partial charge in [0, 0.05) is 30.1 Å². The first-order valence-electron chi connectivity index (χ1n) is 16.8. The summed E-state index contributed by atoms with van der Waals surface area (Å²) >= 11 is 0. The van der Waals surface area contributed by atoms with Crippen LogP contribution in [0.25, 0.3) is 0 Å². The van der Waals surface area contributed by atoms with E-state index in [0.29, 0.717) is 24.6 Å². The zero-order chi connectivity index (χ0) is 36.0. The number of epoxide rings is 1. The molecule has 2 fully saturated rings. The highest BCUT2D eigenvalue weighted by atomic mass is 28.4. The van der Waals surface area contributed by atoms with Gasteiger partial charge in [0.15, 0.2) is 30.8 Å². The van der Waals surface area contributed by atoms with Crippen LogP contribution in [-0.2, 0) is 22.8 Å². The molecule has 12 nitrogen and oxygen atoms in total. The van der Waals surface area contributed by atoms with Crippen LogP contribution in [-0.4, -0.2) is 85.0 Å². The SMILES string of the molecule is C/C(=C\C(N=C=N)=N\Nc1ccc([N+](=O)[O-])cc1)C[C@@H]1OC[C@H](C[C@@H]2O[C@H]2[C@@H](C)[C@H](C)O[Si](C)(C)C)[C@@H](O[Si](C)(C)C)[C@H]1O[Si](C)(C)C. The third-order valence-electron chi connectivity index (χ3n) is 8.06. The van der Waals surface area contributed by atoms with Crippen molar-refractivity contribution in [3.8, 4) is 0 Å². The summed E-state index contributed by atoms with van der Waals surface area (Å²) < 4.78 is 33.2. The summed E-state index contributed by atoms with van der Waals surface area (Å²) in [6, 6.07) is 7.96. The van der Waals surface area contributed by atoms with Crippen LogP contribution in [0.5, 0.6) is 0 Å². The minimum Gasteiger partial charge on any atom is -0.415 e. The van der Waals surface area contributed by atoms with E-state index in [9.17, 15) is 10.1 Å². The van der Waals surface area contributed by atoms with Gasteiger partial charge in [-0.2, -0.15) is 10.1 Å². The van der Waals surface area contributed by atoms with Crippen molar-refractivity contribution in [2.45, 2.75) is 129 Å². The Hall–Kier alpha value is -2.34. The van der Waals surface area contributed by atoms with Crippen LogP contribution in [0.1, 0.15) is 33.6 Å². The molecule has 1 aromatic rings. The van der Waals surface area contributed by atoms with Crippen molar-refractivity contribution in [1.82, 2.24) is 0 Å². The predicted octanol–water partition coefficient (Wildman–Crippen LogP) is 7.90. The average molecular weight is 720 g/mol. The summed E-state index contributed by atoms with van der Waals surface area (Å²) in [4.78, 5) is 14.5. The number of benzene rings is 1. The summed E-state index contributed by atoms with van der Waals surface area (Å²) in [5, 5.41) is 22.7. The highest BCUT2D eigenvalue weighted by Crippen LogP contribution is 2.41. The van der Waals surface area contributed by atoms with E-state index in [1.807, 2.05) is 6.92 Å². The van der Waals surface area contributed by atoms with Gasteiger partial charge in [-0.1, -0.05) is 12.5 Å². The van der Waals surface area contributed by atoms with Crippen molar-refractivity contribution in [3.05, 3.63) is 46.0 Å². The van der Waals surface area contributed by atoms with Crippen LogP contribution in [0.2, 0.25) is 58.9 Å². The Kier molecular flexibility index (Phi) is 13.8. The number of nitrogens with zero attached hydrogens (tertiary/aromatic N) is 3. The van der Waals surface area contributed by atoms with Crippen molar-refractivity contribution >= 4 is 48.2 Å². The molecule has 0 aromatic heterocycles. The summed E-state index contributed by atoms with van der Waals surface area (Å²) in [5.41, 5.74) is 4.33. The Balaban J connectivity index is 1.80. The van der Waals surface area contributed by atoms with Crippen LogP contribution in [0, 0.1) is 27.4 Å². The fraction of sp³-hybridized carbons (Fsp3) is 0.697. The quantitative estimate of drug-likeness (QED) is 0.0437. The minimum absolute atomic E-state index is 0.0140. The molecule has 2 saturated heterocycles. The molecule has 0 amide bonds. The van der Waals surface area contributed by atoms with Gasteiger partial charge in [-0.15, -0.1) is 0 Å². The third-order valence-corrected chi connectivity index (χ3v) is 11.1. The maximum Gasteiger partial charge on any atom is 0.269 e. The molecular formula is C33H57N5O7Si3. The van der Waals surface area contributed by atoms with Gasteiger partial charge in [-0.3, -0.25) is 15.5 Å². The zero-order valence-corrected chi connectivity index (χ0v) is 33.8. The molecule has 0 radical (unpaired) electrons. The van der Waals surface area contributed by atoms with Gasteiger partial charge in [0.05, 0.1) is 53.7 Å². The number of hydrogen-bond donors (Lipinski definition) is 2. The van der Waals surface area contributed by atoms with E-state index in [1.54, 1.807) is 18.2 Å². The fourth-order valence-electron chi connectivity index (χ4n) is 5.98. The Bertz CT molecular complexity index is 1350. The van der Waals surface area contributed by atoms with Gasteiger partial charge in [-0.25, -0.2) is 5.41 Å². The number of nitro benzene ring substituents is 1. The maximum atomic E-state index is 11.0. The van der Waals surface area contributed by atoms with Crippen molar-refractivity contribution in [2.75, 3.05) is 12.0 Å². The molecule has 0 saturated carbocycles. The molecule has 2 N–H and O–H groups in total. The molecule has 0 unspecified atom stereocenters. The summed E-state index contributed by atoms with van der Waals surface area (Å²) in [6.07, 6.45) is 2.97. The summed E-state index contributed by atoms with van der Waals surface area (Å²) in [7, 11) is -5.65. The van der Waals surface area contributed by atoms with Crippen LogP contribution >= 0.6 is 0 Å². The van der Waals surface area contributed by atoms with Gasteiger partial charge in [0.2, 0.25) is 0 Å². The fourth-order valence-corrected chi connectivity index (χ4v) is 9.55. The summed E-state index contributed by atoms with van der Waals surface area (Å²) in [5.74, 6) is 0.664. The highest BCUT2D eigenvalue weighted by molar-refractivity contribution is 6.70. The third kappa shape index (κ3) is 13.2. The number of hydrazone groups is 1. The van der Waals surface area contributed by atoms with Crippen molar-refractivity contribution < 1.29 is 27.7 Å². The lowest BCUT2D eigenvalue weighted by molar-refractivity contribution is -0.384. The molecule has 48 heavy (non-hydrogen) atoms. The van der Waals surface area contributed by atoms with Crippen molar-refractivity contribution in [3.63, 3.8) is 0 Å².